The van der Waals surface area contributed by atoms with Gasteiger partial charge in [-0.2, -0.15) is 5.10 Å². The third-order valence-electron chi connectivity index (χ3n) is 3.99. The van der Waals surface area contributed by atoms with Crippen molar-refractivity contribution >= 4 is 39.2 Å². The number of anilines is 1. The Bertz CT molecular complexity index is 1090. The van der Waals surface area contributed by atoms with E-state index in [1.54, 1.807) is 36.5 Å². The van der Waals surface area contributed by atoms with Crippen LogP contribution < -0.4 is 10.2 Å². The fraction of sp³-hybridized carbons (Fsp3) is 0.0500. The molecule has 0 fully saturated rings. The van der Waals surface area contributed by atoms with Gasteiger partial charge in [-0.05, 0) is 48.0 Å². The summed E-state index contributed by atoms with van der Waals surface area (Å²) in [6.07, 6.45) is 1.57. The fourth-order valence-corrected chi connectivity index (χ4v) is 2.84. The van der Waals surface area contributed by atoms with E-state index in [0.29, 0.717) is 17.0 Å². The van der Waals surface area contributed by atoms with Gasteiger partial charge in [-0.3, -0.25) is 25.7 Å². The number of hydrazone groups is 1. The van der Waals surface area contributed by atoms with Crippen LogP contribution in [0, 0.1) is 20.2 Å². The monoisotopic (exact) mass is 470 g/mol. The summed E-state index contributed by atoms with van der Waals surface area (Å²) in [5, 5.41) is 25.6. The predicted molar refractivity (Wildman–Crippen MR) is 116 cm³/mol. The molecule has 152 valence electrons. The number of rotatable bonds is 8. The van der Waals surface area contributed by atoms with Crippen molar-refractivity contribution in [2.75, 3.05) is 5.43 Å². The quantitative estimate of drug-likeness (QED) is 0.271. The van der Waals surface area contributed by atoms with E-state index in [9.17, 15) is 20.2 Å². The minimum absolute atomic E-state index is 0.00144. The lowest BCUT2D eigenvalue weighted by Crippen LogP contribution is -2.00. The van der Waals surface area contributed by atoms with E-state index in [1.165, 1.54) is 24.3 Å². The second kappa shape index (κ2) is 9.61. The van der Waals surface area contributed by atoms with Crippen LogP contribution in [0.3, 0.4) is 0 Å². The third-order valence-corrected chi connectivity index (χ3v) is 4.48. The molecule has 0 radical (unpaired) electrons. The van der Waals surface area contributed by atoms with Crippen LogP contribution in [0.4, 0.5) is 17.1 Å². The maximum Gasteiger partial charge on any atom is 0.269 e. The number of nitrogens with one attached hydrogen (secondary N) is 1. The van der Waals surface area contributed by atoms with Gasteiger partial charge < -0.3 is 4.74 Å². The van der Waals surface area contributed by atoms with Gasteiger partial charge in [-0.15, -0.1) is 0 Å². The van der Waals surface area contributed by atoms with Gasteiger partial charge in [0, 0.05) is 34.3 Å². The van der Waals surface area contributed by atoms with Crippen LogP contribution in [0.15, 0.2) is 76.3 Å². The molecule has 0 bridgehead atoms. The smallest absolute Gasteiger partial charge is 0.269 e. The molecule has 0 aliphatic heterocycles. The van der Waals surface area contributed by atoms with Crippen LogP contribution in [0.5, 0.6) is 5.75 Å². The van der Waals surface area contributed by atoms with Gasteiger partial charge in [0.2, 0.25) is 0 Å². The highest BCUT2D eigenvalue weighted by molar-refractivity contribution is 9.10. The molecule has 30 heavy (non-hydrogen) atoms. The summed E-state index contributed by atoms with van der Waals surface area (Å²) in [5.74, 6) is 0.575. The van der Waals surface area contributed by atoms with Crippen molar-refractivity contribution in [2.24, 2.45) is 5.10 Å². The van der Waals surface area contributed by atoms with Crippen LogP contribution in [0.1, 0.15) is 11.1 Å². The third kappa shape index (κ3) is 5.61. The molecule has 3 rings (SSSR count). The minimum Gasteiger partial charge on any atom is -0.488 e. The lowest BCUT2D eigenvalue weighted by Gasteiger charge is -2.10. The van der Waals surface area contributed by atoms with Gasteiger partial charge in [-0.1, -0.05) is 15.9 Å². The number of hydrogen-bond donors (Lipinski definition) is 1. The molecule has 0 atom stereocenters. The van der Waals surface area contributed by atoms with Gasteiger partial charge in [0.15, 0.2) is 0 Å². The molecule has 0 heterocycles. The molecule has 0 saturated heterocycles. The molecule has 0 amide bonds. The first-order valence-corrected chi connectivity index (χ1v) is 9.41. The second-order valence-corrected chi connectivity index (χ2v) is 6.98. The molecule has 0 unspecified atom stereocenters. The van der Waals surface area contributed by atoms with Crippen molar-refractivity contribution in [1.82, 2.24) is 0 Å². The average molecular weight is 471 g/mol. The van der Waals surface area contributed by atoms with Crippen LogP contribution in [0.2, 0.25) is 0 Å². The van der Waals surface area contributed by atoms with Crippen molar-refractivity contribution in [2.45, 2.75) is 6.61 Å². The van der Waals surface area contributed by atoms with E-state index < -0.39 is 9.85 Å². The number of nitrogens with zero attached hydrogens (tertiary/aromatic N) is 3. The van der Waals surface area contributed by atoms with Crippen molar-refractivity contribution in [3.05, 3.63) is 103 Å². The van der Waals surface area contributed by atoms with E-state index in [4.69, 9.17) is 4.74 Å². The second-order valence-electron chi connectivity index (χ2n) is 6.07. The van der Waals surface area contributed by atoms with Crippen LogP contribution in [-0.2, 0) is 6.61 Å². The van der Waals surface area contributed by atoms with E-state index in [2.05, 4.69) is 26.5 Å². The fourth-order valence-electron chi connectivity index (χ4n) is 2.46. The summed E-state index contributed by atoms with van der Waals surface area (Å²) in [6.45, 7) is 0.232. The maximum atomic E-state index is 10.7. The Hall–Kier alpha value is -3.79. The molecule has 0 aliphatic rings. The van der Waals surface area contributed by atoms with Crippen molar-refractivity contribution in [3.63, 3.8) is 0 Å². The molecule has 0 aromatic heterocycles. The average Bonchev–Trinajstić information content (AvgIpc) is 2.74. The molecule has 3 aromatic rings. The first-order valence-electron chi connectivity index (χ1n) is 8.61. The summed E-state index contributed by atoms with van der Waals surface area (Å²) in [4.78, 5) is 20.5. The number of benzene rings is 3. The van der Waals surface area contributed by atoms with Crippen molar-refractivity contribution in [1.29, 1.82) is 0 Å². The Balaban J connectivity index is 1.67. The van der Waals surface area contributed by atoms with Crippen LogP contribution in [0.25, 0.3) is 0 Å². The summed E-state index contributed by atoms with van der Waals surface area (Å²) in [6, 6.07) is 17.5. The zero-order chi connectivity index (χ0) is 21.5. The molecular formula is C20H15BrN4O5. The zero-order valence-corrected chi connectivity index (χ0v) is 17.0. The summed E-state index contributed by atoms with van der Waals surface area (Å²) < 4.78 is 6.67. The Kier molecular flexibility index (Phi) is 6.71. The predicted octanol–water partition coefficient (Wildman–Crippen LogP) is 5.29. The van der Waals surface area contributed by atoms with Crippen LogP contribution in [-0.4, -0.2) is 16.1 Å². The van der Waals surface area contributed by atoms with Crippen LogP contribution >= 0.6 is 15.9 Å². The van der Waals surface area contributed by atoms with Gasteiger partial charge in [-0.25, -0.2) is 0 Å². The number of non-ortho nitro benzene ring substituents is 2. The Morgan fingerprint density at radius 3 is 2.13 bits per heavy atom. The first-order chi connectivity index (χ1) is 14.4. The molecule has 0 aliphatic carbocycles. The first kappa shape index (κ1) is 20.9. The van der Waals surface area contributed by atoms with Crippen molar-refractivity contribution in [3.8, 4) is 5.75 Å². The molecule has 0 saturated carbocycles. The highest BCUT2D eigenvalue weighted by Crippen LogP contribution is 2.23. The normalized spacial score (nSPS) is 10.7. The molecule has 3 aromatic carbocycles. The standard InChI is InChI=1S/C20H15BrN4O5/c21-16-3-10-20(30-13-14-1-6-18(7-2-14)24(26)27)15(11-16)12-22-23-17-4-8-19(9-5-17)25(28)29/h1-12,23H,13H2/b22-12+. The van der Waals surface area contributed by atoms with Gasteiger partial charge in [0.05, 0.1) is 21.7 Å². The maximum absolute atomic E-state index is 10.7. The molecule has 0 spiro atoms. The number of nitro groups is 2. The summed E-state index contributed by atoms with van der Waals surface area (Å²) in [7, 11) is 0. The highest BCUT2D eigenvalue weighted by Gasteiger charge is 2.07. The highest BCUT2D eigenvalue weighted by atomic mass is 79.9. The summed E-state index contributed by atoms with van der Waals surface area (Å²) >= 11 is 3.41. The van der Waals surface area contributed by atoms with E-state index in [1.807, 2.05) is 12.1 Å². The van der Waals surface area contributed by atoms with Crippen molar-refractivity contribution < 1.29 is 14.6 Å². The molecule has 1 N–H and O–H groups in total. The molecular weight excluding hydrogens is 456 g/mol. The van der Waals surface area contributed by atoms with Gasteiger partial charge >= 0.3 is 0 Å². The number of halogens is 1. The molecule has 10 heteroatoms. The Morgan fingerprint density at radius 2 is 1.53 bits per heavy atom. The Morgan fingerprint density at radius 1 is 0.933 bits per heavy atom. The zero-order valence-electron chi connectivity index (χ0n) is 15.4. The SMILES string of the molecule is O=[N+]([O-])c1ccc(COc2ccc(Br)cc2/C=N/Nc2ccc([N+](=O)[O-])cc2)cc1. The Labute approximate surface area is 179 Å². The van der Waals surface area contributed by atoms with Gasteiger partial charge in [0.1, 0.15) is 12.4 Å². The number of ether oxygens (including phenoxy) is 1. The lowest BCUT2D eigenvalue weighted by atomic mass is 10.2. The topological polar surface area (TPSA) is 120 Å². The lowest BCUT2D eigenvalue weighted by molar-refractivity contribution is -0.385. The molecule has 9 nitrogen and oxygen atoms in total. The summed E-state index contributed by atoms with van der Waals surface area (Å²) in [5.41, 5.74) is 4.91. The van der Waals surface area contributed by atoms with E-state index in [-0.39, 0.29) is 18.0 Å². The number of hydrogen-bond acceptors (Lipinski definition) is 7. The van der Waals surface area contributed by atoms with E-state index >= 15 is 0 Å². The number of nitro benzene ring substituents is 2. The largest absolute Gasteiger partial charge is 0.488 e. The van der Waals surface area contributed by atoms with E-state index in [0.717, 1.165) is 10.0 Å². The minimum atomic E-state index is -0.469. The van der Waals surface area contributed by atoms with Gasteiger partial charge in [0.25, 0.3) is 11.4 Å².